The van der Waals surface area contributed by atoms with Crippen molar-refractivity contribution in [1.82, 2.24) is 9.80 Å². The number of para-hydroxylation sites is 2. The highest BCUT2D eigenvalue weighted by Gasteiger charge is 2.31. The Morgan fingerprint density at radius 1 is 0.976 bits per heavy atom. The smallest absolute Gasteiger partial charge is 0.397 e. The molecule has 0 unspecified atom stereocenters. The zero-order valence-electron chi connectivity index (χ0n) is 22.2. The van der Waals surface area contributed by atoms with E-state index in [0.717, 1.165) is 19.2 Å². The lowest BCUT2D eigenvalue weighted by Gasteiger charge is -2.28. The average Bonchev–Trinajstić information content (AvgIpc) is 2.94. The number of nitrogens with two attached hydrogens (primary N) is 1. The molecule has 3 aromatic carbocycles. The summed E-state index contributed by atoms with van der Waals surface area (Å²) < 4.78 is 58.8. The summed E-state index contributed by atoms with van der Waals surface area (Å²) in [6.45, 7) is 3.91. The number of benzene rings is 3. The molecule has 8 nitrogen and oxygen atoms in total. The molecule has 1 fully saturated rings. The molecule has 1 aliphatic rings. The lowest BCUT2D eigenvalue weighted by Crippen LogP contribution is -2.40. The molecule has 4 N–H and O–H groups in total. The highest BCUT2D eigenvalue weighted by molar-refractivity contribution is 6.05. The Hall–Kier alpha value is -4.16. The fraction of sp³-hybridized carbons (Fsp3) is 0.310. The van der Waals surface area contributed by atoms with Gasteiger partial charge in [0.2, 0.25) is 0 Å². The van der Waals surface area contributed by atoms with Gasteiger partial charge >= 0.3 is 12.2 Å². The summed E-state index contributed by atoms with van der Waals surface area (Å²) in [6, 6.07) is 14.7. The second-order valence-electron chi connectivity index (χ2n) is 9.62. The summed E-state index contributed by atoms with van der Waals surface area (Å²) in [5.74, 6) is -1.47. The van der Waals surface area contributed by atoms with Gasteiger partial charge in [-0.25, -0.2) is 9.18 Å². The predicted molar refractivity (Wildman–Crippen MR) is 148 cm³/mol. The molecule has 0 saturated carbocycles. The molecule has 41 heavy (non-hydrogen) atoms. The maximum absolute atomic E-state index is 13.9. The number of morpholine rings is 1. The number of carbonyl (C=O) groups excluding carboxylic acids is 2. The zero-order chi connectivity index (χ0) is 29.4. The third-order valence-corrected chi connectivity index (χ3v) is 6.57. The van der Waals surface area contributed by atoms with Gasteiger partial charge in [0, 0.05) is 44.0 Å². The van der Waals surface area contributed by atoms with Gasteiger partial charge in [-0.2, -0.15) is 13.2 Å². The maximum atomic E-state index is 13.9. The van der Waals surface area contributed by atoms with Gasteiger partial charge in [-0.1, -0.05) is 24.3 Å². The minimum absolute atomic E-state index is 0.115. The van der Waals surface area contributed by atoms with Gasteiger partial charge in [-0.05, 0) is 54.4 Å². The van der Waals surface area contributed by atoms with Crippen LogP contribution in [0.15, 0.2) is 66.7 Å². The first kappa shape index (κ1) is 29.8. The number of nitrogens with one attached hydrogen (secondary N) is 2. The van der Waals surface area contributed by atoms with Crippen molar-refractivity contribution in [2.45, 2.75) is 19.1 Å². The summed E-state index contributed by atoms with van der Waals surface area (Å²) in [5, 5.41) is 5.15. The van der Waals surface area contributed by atoms with E-state index in [1.54, 1.807) is 48.5 Å². The first-order valence-electron chi connectivity index (χ1n) is 13.1. The molecule has 0 spiro atoms. The predicted octanol–water partition coefficient (Wildman–Crippen LogP) is 5.44. The molecule has 1 heterocycles. The van der Waals surface area contributed by atoms with Gasteiger partial charge < -0.3 is 26.0 Å². The number of anilines is 3. The first-order chi connectivity index (χ1) is 19.6. The molecule has 3 aromatic rings. The Morgan fingerprint density at radius 2 is 1.68 bits per heavy atom. The van der Waals surface area contributed by atoms with E-state index in [1.807, 2.05) is 0 Å². The van der Waals surface area contributed by atoms with E-state index in [2.05, 4.69) is 15.5 Å². The van der Waals surface area contributed by atoms with Crippen molar-refractivity contribution in [3.8, 4) is 0 Å². The van der Waals surface area contributed by atoms with E-state index in [9.17, 15) is 27.2 Å². The highest BCUT2D eigenvalue weighted by atomic mass is 19.4. The number of nitrogens with zero attached hydrogens (tertiary/aromatic N) is 2. The van der Waals surface area contributed by atoms with Crippen LogP contribution in [-0.4, -0.2) is 61.1 Å². The van der Waals surface area contributed by atoms with Crippen molar-refractivity contribution < 1.29 is 31.9 Å². The quantitative estimate of drug-likeness (QED) is 0.234. The fourth-order valence-corrected chi connectivity index (χ4v) is 4.38. The van der Waals surface area contributed by atoms with Crippen LogP contribution in [0.3, 0.4) is 0 Å². The SMILES string of the molecule is Nc1ccccc1NC(=O)c1ccc(CN(CCCN2CCOCC2)C(=O)Nc2cc(F)cc(C(F)(F)F)c2)cc1. The van der Waals surface area contributed by atoms with Crippen LogP contribution in [0.2, 0.25) is 0 Å². The number of hydrogen-bond donors (Lipinski definition) is 3. The summed E-state index contributed by atoms with van der Waals surface area (Å²) >= 11 is 0. The van der Waals surface area contributed by atoms with Crippen molar-refractivity contribution in [3.05, 3.63) is 89.2 Å². The molecular formula is C29H31F4N5O3. The van der Waals surface area contributed by atoms with Crippen LogP contribution in [-0.2, 0) is 17.5 Å². The van der Waals surface area contributed by atoms with Gasteiger partial charge in [0.05, 0.1) is 30.2 Å². The number of amides is 3. The monoisotopic (exact) mass is 573 g/mol. The molecule has 0 radical (unpaired) electrons. The van der Waals surface area contributed by atoms with Crippen LogP contribution in [0.5, 0.6) is 0 Å². The Balaban J connectivity index is 1.45. The van der Waals surface area contributed by atoms with E-state index in [4.69, 9.17) is 10.5 Å². The Kier molecular flexibility index (Phi) is 9.79. The molecular weight excluding hydrogens is 542 g/mol. The number of nitrogen functional groups attached to an aromatic ring is 1. The topological polar surface area (TPSA) is 99.9 Å². The highest BCUT2D eigenvalue weighted by Crippen LogP contribution is 2.31. The number of urea groups is 1. The molecule has 218 valence electrons. The second-order valence-corrected chi connectivity index (χ2v) is 9.62. The second kappa shape index (κ2) is 13.5. The normalized spacial score (nSPS) is 14.0. The van der Waals surface area contributed by atoms with Gasteiger partial charge in [-0.3, -0.25) is 9.69 Å². The number of halogens is 4. The van der Waals surface area contributed by atoms with Crippen molar-refractivity contribution in [3.63, 3.8) is 0 Å². The number of carbonyl (C=O) groups is 2. The molecule has 1 saturated heterocycles. The Labute approximate surface area is 235 Å². The van der Waals surface area contributed by atoms with Crippen molar-refractivity contribution in [2.75, 3.05) is 55.8 Å². The number of hydrogen-bond acceptors (Lipinski definition) is 5. The minimum atomic E-state index is -4.76. The van der Waals surface area contributed by atoms with Crippen molar-refractivity contribution in [2.24, 2.45) is 0 Å². The molecule has 1 aliphatic heterocycles. The maximum Gasteiger partial charge on any atom is 0.416 e. The lowest BCUT2D eigenvalue weighted by molar-refractivity contribution is -0.137. The third-order valence-electron chi connectivity index (χ3n) is 6.57. The fourth-order valence-electron chi connectivity index (χ4n) is 4.38. The molecule has 3 amide bonds. The zero-order valence-corrected chi connectivity index (χ0v) is 22.2. The van der Waals surface area contributed by atoms with Gasteiger partial charge in [-0.15, -0.1) is 0 Å². The van der Waals surface area contributed by atoms with Gasteiger partial charge in [0.15, 0.2) is 0 Å². The summed E-state index contributed by atoms with van der Waals surface area (Å²) in [5.41, 5.74) is 6.37. The van der Waals surface area contributed by atoms with Crippen LogP contribution >= 0.6 is 0 Å². The molecule has 0 bridgehead atoms. The van der Waals surface area contributed by atoms with E-state index < -0.39 is 23.6 Å². The van der Waals surface area contributed by atoms with Crippen LogP contribution in [0.4, 0.5) is 39.4 Å². The van der Waals surface area contributed by atoms with Crippen molar-refractivity contribution >= 4 is 29.0 Å². The van der Waals surface area contributed by atoms with E-state index in [1.165, 1.54) is 4.90 Å². The summed E-state index contributed by atoms with van der Waals surface area (Å²) in [6.07, 6.45) is -4.16. The molecule has 0 atom stereocenters. The lowest BCUT2D eigenvalue weighted by atomic mass is 10.1. The Bertz CT molecular complexity index is 1350. The van der Waals surface area contributed by atoms with Crippen LogP contribution in [0.25, 0.3) is 0 Å². The van der Waals surface area contributed by atoms with Crippen LogP contribution < -0.4 is 16.4 Å². The van der Waals surface area contributed by atoms with Crippen molar-refractivity contribution in [1.29, 1.82) is 0 Å². The standard InChI is InChI=1S/C29H31F4N5O3/c30-23-16-22(29(31,32)33)17-24(18-23)35-28(40)38(11-3-10-37-12-14-41-15-13-37)19-20-6-8-21(9-7-20)27(39)36-26-5-2-1-4-25(26)34/h1-2,4-9,16-18H,3,10-15,19,34H2,(H,35,40)(H,36,39). The summed E-state index contributed by atoms with van der Waals surface area (Å²) in [4.78, 5) is 29.5. The number of rotatable bonds is 9. The van der Waals surface area contributed by atoms with Crippen LogP contribution in [0, 0.1) is 5.82 Å². The average molecular weight is 574 g/mol. The first-order valence-corrected chi connectivity index (χ1v) is 13.1. The Morgan fingerprint density at radius 3 is 2.37 bits per heavy atom. The van der Waals surface area contributed by atoms with Gasteiger partial charge in [0.25, 0.3) is 5.91 Å². The van der Waals surface area contributed by atoms with E-state index in [-0.39, 0.29) is 18.1 Å². The third kappa shape index (κ3) is 8.66. The summed E-state index contributed by atoms with van der Waals surface area (Å²) in [7, 11) is 0. The number of alkyl halides is 3. The van der Waals surface area contributed by atoms with E-state index in [0.29, 0.717) is 67.4 Å². The van der Waals surface area contributed by atoms with E-state index >= 15 is 0 Å². The number of ether oxygens (including phenoxy) is 1. The minimum Gasteiger partial charge on any atom is -0.397 e. The largest absolute Gasteiger partial charge is 0.416 e. The van der Waals surface area contributed by atoms with Crippen LogP contribution in [0.1, 0.15) is 27.9 Å². The van der Waals surface area contributed by atoms with Gasteiger partial charge in [0.1, 0.15) is 5.82 Å². The molecule has 0 aromatic heterocycles. The molecule has 12 heteroatoms. The molecule has 0 aliphatic carbocycles. The molecule has 4 rings (SSSR count).